The van der Waals surface area contributed by atoms with Gasteiger partial charge in [-0.15, -0.1) is 0 Å². The molecule has 1 unspecified atom stereocenters. The van der Waals surface area contributed by atoms with Gasteiger partial charge in [-0.05, 0) is 56.4 Å². The number of aryl methyl sites for hydroxylation is 1. The molecule has 2 fully saturated rings. The first-order valence-corrected chi connectivity index (χ1v) is 13.8. The van der Waals surface area contributed by atoms with Crippen molar-refractivity contribution in [1.29, 1.82) is 0 Å². The van der Waals surface area contributed by atoms with Crippen molar-refractivity contribution in [3.63, 3.8) is 0 Å². The smallest absolute Gasteiger partial charge is 0.376 e. The molecule has 42 heavy (non-hydrogen) atoms. The average Bonchev–Trinajstić information content (AvgIpc) is 3.48. The quantitative estimate of drug-likeness (QED) is 0.333. The summed E-state index contributed by atoms with van der Waals surface area (Å²) in [4.78, 5) is 56.6. The van der Waals surface area contributed by atoms with Gasteiger partial charge in [0.1, 0.15) is 22.9 Å². The highest BCUT2D eigenvalue weighted by Gasteiger charge is 2.33. The molecule has 1 saturated heterocycles. The van der Waals surface area contributed by atoms with Gasteiger partial charge in [-0.3, -0.25) is 28.6 Å². The molecular formula is C28H28F3N7O4. The van der Waals surface area contributed by atoms with Crippen LogP contribution in [0.1, 0.15) is 61.1 Å². The molecule has 220 valence electrons. The molecule has 1 N–H and O–H groups in total. The number of hydrogen-bond donors (Lipinski definition) is 1. The van der Waals surface area contributed by atoms with Crippen molar-refractivity contribution in [2.45, 2.75) is 63.9 Å². The number of H-pyrrole nitrogens is 1. The van der Waals surface area contributed by atoms with Crippen molar-refractivity contribution >= 4 is 22.9 Å². The van der Waals surface area contributed by atoms with E-state index < -0.39 is 23.3 Å². The van der Waals surface area contributed by atoms with Gasteiger partial charge in [0, 0.05) is 37.2 Å². The van der Waals surface area contributed by atoms with Gasteiger partial charge in [0.15, 0.2) is 5.65 Å². The zero-order valence-corrected chi connectivity index (χ0v) is 22.7. The van der Waals surface area contributed by atoms with E-state index in [-0.39, 0.29) is 46.9 Å². The Morgan fingerprint density at radius 2 is 1.93 bits per heavy atom. The van der Waals surface area contributed by atoms with Crippen LogP contribution in [0.5, 0.6) is 0 Å². The van der Waals surface area contributed by atoms with Crippen molar-refractivity contribution in [3.8, 4) is 11.4 Å². The molecule has 11 nitrogen and oxygen atoms in total. The molecule has 1 atom stereocenters. The number of imidazole rings is 1. The number of fused-ring (bicyclic) bond motifs is 1. The van der Waals surface area contributed by atoms with Gasteiger partial charge in [-0.1, -0.05) is 6.92 Å². The van der Waals surface area contributed by atoms with Crippen LogP contribution in [0.2, 0.25) is 0 Å². The Hall–Kier alpha value is -4.33. The van der Waals surface area contributed by atoms with Gasteiger partial charge in [0.05, 0.1) is 18.2 Å². The average molecular weight is 584 g/mol. The number of alkyl halides is 3. The first kappa shape index (κ1) is 27.8. The maximum atomic E-state index is 13.4. The highest BCUT2D eigenvalue weighted by Crippen LogP contribution is 2.33. The van der Waals surface area contributed by atoms with Crippen LogP contribution in [0.25, 0.3) is 22.6 Å². The minimum Gasteiger partial charge on any atom is -0.376 e. The first-order valence-electron chi connectivity index (χ1n) is 13.8. The normalized spacial score (nSPS) is 17.2. The van der Waals surface area contributed by atoms with Crippen LogP contribution in [-0.2, 0) is 17.5 Å². The second-order valence-corrected chi connectivity index (χ2v) is 10.5. The summed E-state index contributed by atoms with van der Waals surface area (Å²) in [5.74, 6) is 0.0250. The van der Waals surface area contributed by atoms with Gasteiger partial charge in [0.25, 0.3) is 11.5 Å². The number of aromatic amines is 1. The Morgan fingerprint density at radius 1 is 1.12 bits per heavy atom. The van der Waals surface area contributed by atoms with E-state index in [9.17, 15) is 27.6 Å². The van der Waals surface area contributed by atoms with E-state index in [2.05, 4.69) is 19.9 Å². The number of nitrogens with one attached hydrogen (secondary N) is 1. The van der Waals surface area contributed by atoms with Crippen molar-refractivity contribution in [3.05, 3.63) is 68.8 Å². The minimum atomic E-state index is -4.62. The van der Waals surface area contributed by atoms with E-state index in [1.54, 1.807) is 12.1 Å². The number of pyridine rings is 2. The molecular weight excluding hydrogens is 555 g/mol. The van der Waals surface area contributed by atoms with E-state index in [1.165, 1.54) is 20.2 Å². The van der Waals surface area contributed by atoms with Crippen LogP contribution < -0.4 is 16.1 Å². The van der Waals surface area contributed by atoms with E-state index in [0.717, 1.165) is 44.0 Å². The van der Waals surface area contributed by atoms with Crippen LogP contribution in [0, 0.1) is 0 Å². The van der Waals surface area contributed by atoms with Crippen LogP contribution in [0.4, 0.5) is 19.0 Å². The summed E-state index contributed by atoms with van der Waals surface area (Å²) in [6.45, 7) is 3.05. The second kappa shape index (κ2) is 10.8. The fourth-order valence-corrected chi connectivity index (χ4v) is 5.16. The molecule has 0 radical (unpaired) electrons. The monoisotopic (exact) mass is 583 g/mol. The molecule has 1 amide bonds. The molecule has 1 aliphatic carbocycles. The number of ether oxygens (including phenoxy) is 1. The molecule has 1 aliphatic heterocycles. The Labute approximate surface area is 237 Å². The van der Waals surface area contributed by atoms with Crippen molar-refractivity contribution < 1.29 is 22.7 Å². The molecule has 14 heteroatoms. The molecule has 6 rings (SSSR count). The number of nitrogens with zero attached hydrogens (tertiary/aromatic N) is 6. The van der Waals surface area contributed by atoms with Gasteiger partial charge < -0.3 is 9.72 Å². The molecule has 4 aromatic rings. The van der Waals surface area contributed by atoms with E-state index in [1.807, 2.05) is 6.92 Å². The molecule has 4 aromatic heterocycles. The van der Waals surface area contributed by atoms with Crippen molar-refractivity contribution in [2.75, 3.05) is 18.1 Å². The molecule has 1 saturated carbocycles. The highest BCUT2D eigenvalue weighted by molar-refractivity contribution is 6.05. The largest absolute Gasteiger partial charge is 0.433 e. The van der Waals surface area contributed by atoms with E-state index >= 15 is 0 Å². The molecule has 0 aromatic carbocycles. The van der Waals surface area contributed by atoms with Gasteiger partial charge in [-0.2, -0.15) is 13.2 Å². The summed E-state index contributed by atoms with van der Waals surface area (Å²) >= 11 is 0. The third-order valence-corrected chi connectivity index (χ3v) is 7.42. The summed E-state index contributed by atoms with van der Waals surface area (Å²) in [5, 5.41) is 0. The Morgan fingerprint density at radius 3 is 2.52 bits per heavy atom. The lowest BCUT2D eigenvalue weighted by atomic mass is 10.1. The summed E-state index contributed by atoms with van der Waals surface area (Å²) in [7, 11) is 0. The summed E-state index contributed by atoms with van der Waals surface area (Å²) in [6, 6.07) is 5.02. The maximum Gasteiger partial charge on any atom is 0.433 e. The number of rotatable bonds is 8. The SMILES string of the molecule is CCCn1c(=O)n(C2CC2)c(=O)c2[nH]c(-c3ccc(N(CC4CCCO4)C(=O)c4ccc(C(F)(F)F)nc4)nc3)nc21. The van der Waals surface area contributed by atoms with E-state index in [4.69, 9.17) is 4.74 Å². The fraction of sp³-hybridized carbons (Fsp3) is 0.429. The summed E-state index contributed by atoms with van der Waals surface area (Å²) < 4.78 is 47.5. The standard InChI is InChI=1S/C28H28F3N7O4/c1-2-11-36-24-22(26(40)38(27(36)41)18-7-8-18)34-23(35-24)16-6-10-21(33-13-16)37(15-19-4-3-12-42-19)25(39)17-5-9-20(32-14-17)28(29,30)31/h5-6,9-10,13-14,18-19H,2-4,7-8,11-12,15H2,1H3,(H,34,35). The third-order valence-electron chi connectivity index (χ3n) is 7.42. The Balaban J connectivity index is 1.34. The molecule has 5 heterocycles. The van der Waals surface area contributed by atoms with Crippen molar-refractivity contribution in [1.82, 2.24) is 29.1 Å². The van der Waals surface area contributed by atoms with Crippen LogP contribution in [0.3, 0.4) is 0 Å². The number of anilines is 1. The lowest BCUT2D eigenvalue weighted by Crippen LogP contribution is -2.39. The number of aromatic nitrogens is 6. The number of hydrogen-bond acceptors (Lipinski definition) is 7. The predicted molar refractivity (Wildman–Crippen MR) is 146 cm³/mol. The lowest BCUT2D eigenvalue weighted by Gasteiger charge is -2.25. The minimum absolute atomic E-state index is 0.0232. The second-order valence-electron chi connectivity index (χ2n) is 10.5. The summed E-state index contributed by atoms with van der Waals surface area (Å²) in [6.07, 6.45) is 1.31. The Bertz CT molecular complexity index is 1730. The number of amides is 1. The highest BCUT2D eigenvalue weighted by atomic mass is 19.4. The number of carbonyl (C=O) groups excluding carboxylic acids is 1. The topological polar surface area (TPSA) is 128 Å². The zero-order chi connectivity index (χ0) is 29.6. The lowest BCUT2D eigenvalue weighted by molar-refractivity contribution is -0.141. The molecule has 0 bridgehead atoms. The molecule has 2 aliphatic rings. The maximum absolute atomic E-state index is 13.4. The number of carbonyl (C=O) groups is 1. The van der Waals surface area contributed by atoms with Crippen molar-refractivity contribution in [2.24, 2.45) is 0 Å². The zero-order valence-electron chi connectivity index (χ0n) is 22.7. The van der Waals surface area contributed by atoms with Crippen LogP contribution in [-0.4, -0.2) is 54.2 Å². The van der Waals surface area contributed by atoms with Gasteiger partial charge in [0.2, 0.25) is 0 Å². The fourth-order valence-electron chi connectivity index (χ4n) is 5.16. The van der Waals surface area contributed by atoms with Gasteiger partial charge >= 0.3 is 11.9 Å². The third kappa shape index (κ3) is 5.22. The van der Waals surface area contributed by atoms with Gasteiger partial charge in [-0.25, -0.2) is 14.8 Å². The van der Waals surface area contributed by atoms with Crippen LogP contribution >= 0.6 is 0 Å². The first-order chi connectivity index (χ1) is 20.2. The number of halogens is 3. The predicted octanol–water partition coefficient (Wildman–Crippen LogP) is 3.93. The van der Waals surface area contributed by atoms with Crippen LogP contribution in [0.15, 0.2) is 46.2 Å². The summed E-state index contributed by atoms with van der Waals surface area (Å²) in [5.41, 5.74) is -0.872. The molecule has 0 spiro atoms. The van der Waals surface area contributed by atoms with E-state index in [0.29, 0.717) is 31.0 Å². The Kier molecular flexibility index (Phi) is 7.17.